The van der Waals surface area contributed by atoms with Crippen LogP contribution in [-0.2, 0) is 11.2 Å². The predicted molar refractivity (Wildman–Crippen MR) is 113 cm³/mol. The molecule has 9 heteroatoms. The Labute approximate surface area is 175 Å². The Morgan fingerprint density at radius 3 is 2.40 bits per heavy atom. The molecule has 1 atom stereocenters. The Morgan fingerprint density at radius 1 is 1.17 bits per heavy atom. The number of methoxy groups -OCH3 is 3. The van der Waals surface area contributed by atoms with Gasteiger partial charge in [-0.2, -0.15) is 0 Å². The van der Waals surface area contributed by atoms with Crippen LogP contribution < -0.4 is 24.7 Å². The Balaban J connectivity index is 1.73. The fourth-order valence-electron chi connectivity index (χ4n) is 3.64. The van der Waals surface area contributed by atoms with Gasteiger partial charge in [0.2, 0.25) is 17.6 Å². The summed E-state index contributed by atoms with van der Waals surface area (Å²) < 4.78 is 16.1. The van der Waals surface area contributed by atoms with Crippen LogP contribution >= 0.6 is 0 Å². The molecule has 2 heterocycles. The molecule has 0 saturated carbocycles. The van der Waals surface area contributed by atoms with E-state index in [1.54, 1.807) is 38.4 Å². The molecular formula is C21H28N4O5. The fraction of sp³-hybridized carbons (Fsp3) is 0.476. The Morgan fingerprint density at radius 2 is 1.83 bits per heavy atom. The summed E-state index contributed by atoms with van der Waals surface area (Å²) in [6.07, 6.45) is 0.986. The number of nitrogens with one attached hydrogen (secondary N) is 1. The maximum Gasteiger partial charge on any atom is 0.252 e. The van der Waals surface area contributed by atoms with E-state index in [2.05, 4.69) is 9.97 Å². The van der Waals surface area contributed by atoms with E-state index in [1.165, 1.54) is 6.07 Å². The minimum absolute atomic E-state index is 0.00412. The van der Waals surface area contributed by atoms with Crippen LogP contribution in [0.4, 0.5) is 5.95 Å². The number of ether oxygens (including phenoxy) is 3. The van der Waals surface area contributed by atoms with E-state index >= 15 is 0 Å². The lowest BCUT2D eigenvalue weighted by molar-refractivity contribution is -0.129. The van der Waals surface area contributed by atoms with Crippen LogP contribution in [0.25, 0.3) is 0 Å². The van der Waals surface area contributed by atoms with Gasteiger partial charge >= 0.3 is 0 Å². The summed E-state index contributed by atoms with van der Waals surface area (Å²) in [7, 11) is 8.28. The molecule has 0 radical (unpaired) electrons. The predicted octanol–water partition coefficient (Wildman–Crippen LogP) is 1.42. The maximum absolute atomic E-state index is 12.9. The summed E-state index contributed by atoms with van der Waals surface area (Å²) in [4.78, 5) is 35.7. The van der Waals surface area contributed by atoms with Gasteiger partial charge in [0.05, 0.1) is 33.4 Å². The maximum atomic E-state index is 12.9. The Bertz CT molecular complexity index is 947. The first-order valence-electron chi connectivity index (χ1n) is 9.71. The largest absolute Gasteiger partial charge is 0.493 e. The zero-order chi connectivity index (χ0) is 21.8. The van der Waals surface area contributed by atoms with Crippen LogP contribution in [0.2, 0.25) is 0 Å². The molecule has 1 N–H and O–H groups in total. The van der Waals surface area contributed by atoms with Crippen molar-refractivity contribution in [3.63, 3.8) is 0 Å². The molecule has 1 aliphatic rings. The van der Waals surface area contributed by atoms with Crippen molar-refractivity contribution in [1.82, 2.24) is 14.9 Å². The van der Waals surface area contributed by atoms with Gasteiger partial charge in [-0.15, -0.1) is 0 Å². The first-order chi connectivity index (χ1) is 14.4. The first kappa shape index (κ1) is 21.5. The number of hydrogen-bond donors (Lipinski definition) is 1. The van der Waals surface area contributed by atoms with Crippen molar-refractivity contribution < 1.29 is 19.0 Å². The lowest BCUT2D eigenvalue weighted by Crippen LogP contribution is -2.30. The fourth-order valence-corrected chi connectivity index (χ4v) is 3.64. The quantitative estimate of drug-likeness (QED) is 0.729. The zero-order valence-electron chi connectivity index (χ0n) is 18.0. The summed E-state index contributed by atoms with van der Waals surface area (Å²) in [5, 5.41) is 0. The third kappa shape index (κ3) is 4.50. The number of hydrogen-bond acceptors (Lipinski definition) is 7. The molecule has 9 nitrogen and oxygen atoms in total. The number of anilines is 1. The van der Waals surface area contributed by atoms with Crippen LogP contribution in [0, 0.1) is 0 Å². The molecule has 162 valence electrons. The van der Waals surface area contributed by atoms with Gasteiger partial charge < -0.3 is 24.0 Å². The number of rotatable bonds is 7. The van der Waals surface area contributed by atoms with Crippen molar-refractivity contribution >= 4 is 11.9 Å². The number of likely N-dealkylation sites (tertiary alicyclic amines) is 1. The molecule has 1 aliphatic heterocycles. The molecule has 0 bridgehead atoms. The molecule has 0 aliphatic carbocycles. The van der Waals surface area contributed by atoms with Gasteiger partial charge in [0.15, 0.2) is 11.5 Å². The van der Waals surface area contributed by atoms with E-state index in [0.717, 1.165) is 12.0 Å². The average molecular weight is 416 g/mol. The standard InChI is InChI=1S/C21H28N4O5/c1-24(2)21-22-15(11-18(26)23-21)14-6-7-25(12-14)19(27)10-13-8-16(28-3)20(30-5)17(9-13)29-4/h8-9,11,14H,6-7,10,12H2,1-5H3,(H,22,23,26). The molecule has 1 saturated heterocycles. The Kier molecular flexibility index (Phi) is 6.49. The van der Waals surface area contributed by atoms with E-state index < -0.39 is 0 Å². The van der Waals surface area contributed by atoms with E-state index in [1.807, 2.05) is 19.0 Å². The van der Waals surface area contributed by atoms with Gasteiger partial charge in [-0.1, -0.05) is 0 Å². The van der Waals surface area contributed by atoms with Crippen LogP contribution in [-0.4, -0.2) is 69.3 Å². The minimum atomic E-state index is -0.189. The molecule has 30 heavy (non-hydrogen) atoms. The second kappa shape index (κ2) is 9.06. The third-order valence-electron chi connectivity index (χ3n) is 5.21. The molecule has 1 aromatic carbocycles. The van der Waals surface area contributed by atoms with E-state index in [9.17, 15) is 9.59 Å². The van der Waals surface area contributed by atoms with E-state index in [0.29, 0.717) is 42.0 Å². The second-order valence-corrected chi connectivity index (χ2v) is 7.42. The second-order valence-electron chi connectivity index (χ2n) is 7.42. The van der Waals surface area contributed by atoms with Gasteiger partial charge in [0.1, 0.15) is 0 Å². The highest BCUT2D eigenvalue weighted by molar-refractivity contribution is 5.79. The topological polar surface area (TPSA) is 97.0 Å². The number of aromatic nitrogens is 2. The van der Waals surface area contributed by atoms with Gasteiger partial charge in [0.25, 0.3) is 5.56 Å². The van der Waals surface area contributed by atoms with Gasteiger partial charge in [0, 0.05) is 39.2 Å². The summed E-state index contributed by atoms with van der Waals surface area (Å²) in [5.74, 6) is 2.08. The molecule has 0 spiro atoms. The van der Waals surface area contributed by atoms with Crippen molar-refractivity contribution in [2.24, 2.45) is 0 Å². The summed E-state index contributed by atoms with van der Waals surface area (Å²) >= 11 is 0. The lowest BCUT2D eigenvalue weighted by Gasteiger charge is -2.18. The van der Waals surface area contributed by atoms with Crippen LogP contribution in [0.1, 0.15) is 23.6 Å². The van der Waals surface area contributed by atoms with Crippen molar-refractivity contribution in [1.29, 1.82) is 0 Å². The number of H-pyrrole nitrogens is 1. The van der Waals surface area contributed by atoms with Crippen molar-refractivity contribution in [3.8, 4) is 17.2 Å². The van der Waals surface area contributed by atoms with Crippen LogP contribution in [0.5, 0.6) is 17.2 Å². The number of amides is 1. The lowest BCUT2D eigenvalue weighted by atomic mass is 10.0. The summed E-state index contributed by atoms with van der Waals surface area (Å²) in [5.41, 5.74) is 1.30. The highest BCUT2D eigenvalue weighted by atomic mass is 16.5. The number of carbonyl (C=O) groups excluding carboxylic acids is 1. The first-order valence-corrected chi connectivity index (χ1v) is 9.71. The Hall–Kier alpha value is -3.23. The SMILES string of the molecule is COc1cc(CC(=O)N2CCC(c3cc(=O)[nH]c(N(C)C)n3)C2)cc(OC)c1OC. The molecule has 1 aromatic heterocycles. The van der Waals surface area contributed by atoms with E-state index in [4.69, 9.17) is 14.2 Å². The zero-order valence-corrected chi connectivity index (χ0v) is 18.0. The smallest absolute Gasteiger partial charge is 0.252 e. The van der Waals surface area contributed by atoms with E-state index in [-0.39, 0.29) is 23.8 Å². The summed E-state index contributed by atoms with van der Waals surface area (Å²) in [6, 6.07) is 5.09. The van der Waals surface area contributed by atoms with Gasteiger partial charge in [-0.25, -0.2) is 4.98 Å². The molecular weight excluding hydrogens is 388 g/mol. The average Bonchev–Trinajstić information content (AvgIpc) is 3.23. The number of nitrogens with zero attached hydrogens (tertiary/aromatic N) is 3. The van der Waals surface area contributed by atoms with Crippen molar-refractivity contribution in [3.05, 3.63) is 39.8 Å². The molecule has 1 amide bonds. The molecule has 1 fully saturated rings. The van der Waals surface area contributed by atoms with Gasteiger partial charge in [-0.3, -0.25) is 14.6 Å². The number of aromatic amines is 1. The van der Waals surface area contributed by atoms with Crippen LogP contribution in [0.15, 0.2) is 23.0 Å². The van der Waals surface area contributed by atoms with Crippen LogP contribution in [0.3, 0.4) is 0 Å². The number of carbonyl (C=O) groups is 1. The molecule has 2 aromatic rings. The molecule has 3 rings (SSSR count). The van der Waals surface area contributed by atoms with Crippen molar-refractivity contribution in [2.75, 3.05) is 53.4 Å². The number of benzene rings is 1. The normalized spacial score (nSPS) is 15.8. The molecule has 1 unspecified atom stereocenters. The van der Waals surface area contributed by atoms with Gasteiger partial charge in [-0.05, 0) is 24.1 Å². The monoisotopic (exact) mass is 416 g/mol. The highest BCUT2D eigenvalue weighted by Gasteiger charge is 2.29. The third-order valence-corrected chi connectivity index (χ3v) is 5.21. The summed E-state index contributed by atoms with van der Waals surface area (Å²) in [6.45, 7) is 1.16. The highest BCUT2D eigenvalue weighted by Crippen LogP contribution is 2.38. The minimum Gasteiger partial charge on any atom is -0.493 e. The van der Waals surface area contributed by atoms with Crippen molar-refractivity contribution in [2.45, 2.75) is 18.8 Å².